The lowest BCUT2D eigenvalue weighted by atomic mass is 9.83. The summed E-state index contributed by atoms with van der Waals surface area (Å²) in [6.45, 7) is 9.22. The van der Waals surface area contributed by atoms with Crippen LogP contribution in [0.2, 0.25) is 0 Å². The normalized spacial score (nSPS) is 14.2. The first-order valence-electron chi connectivity index (χ1n) is 6.31. The number of nitrogens with two attached hydrogens (primary N) is 1. The van der Waals surface area contributed by atoms with Gasteiger partial charge in [0, 0.05) is 0 Å². The molecule has 0 fully saturated rings. The Balaban J connectivity index is 3.07. The number of aromatic nitrogens is 1. The number of nitrogens with one attached hydrogen (secondary N) is 1. The van der Waals surface area contributed by atoms with Crippen molar-refractivity contribution in [1.82, 2.24) is 10.3 Å². The molecule has 1 rings (SSSR count). The highest BCUT2D eigenvalue weighted by molar-refractivity contribution is 7.13. The predicted molar refractivity (Wildman–Crippen MR) is 76.1 cm³/mol. The maximum atomic E-state index is 12.3. The van der Waals surface area contributed by atoms with Crippen molar-refractivity contribution < 1.29 is 9.59 Å². The molecule has 0 aliphatic rings. The first kappa shape index (κ1) is 15.6. The van der Waals surface area contributed by atoms with Crippen LogP contribution in [0.25, 0.3) is 0 Å². The van der Waals surface area contributed by atoms with E-state index in [1.165, 1.54) is 11.3 Å². The zero-order chi connectivity index (χ0) is 14.8. The largest absolute Gasteiger partial charge is 0.368 e. The van der Waals surface area contributed by atoms with E-state index < -0.39 is 11.4 Å². The van der Waals surface area contributed by atoms with Crippen LogP contribution in [0.1, 0.15) is 47.6 Å². The number of amides is 2. The summed E-state index contributed by atoms with van der Waals surface area (Å²) in [5.74, 6) is -0.858. The van der Waals surface area contributed by atoms with E-state index in [0.717, 1.165) is 5.01 Å². The van der Waals surface area contributed by atoms with Gasteiger partial charge in [0.2, 0.25) is 5.91 Å². The average Bonchev–Trinajstić information content (AvgIpc) is 2.64. The molecule has 0 radical (unpaired) electrons. The van der Waals surface area contributed by atoms with Gasteiger partial charge in [-0.15, -0.1) is 11.3 Å². The van der Waals surface area contributed by atoms with Crippen LogP contribution < -0.4 is 11.1 Å². The maximum Gasteiger partial charge on any atom is 0.264 e. The summed E-state index contributed by atoms with van der Waals surface area (Å²) in [7, 11) is 0. The van der Waals surface area contributed by atoms with Gasteiger partial charge in [-0.1, -0.05) is 20.8 Å². The van der Waals surface area contributed by atoms with E-state index in [2.05, 4.69) is 10.3 Å². The molecule has 3 N–H and O–H groups in total. The molecular formula is C13H21N3O2S. The quantitative estimate of drug-likeness (QED) is 0.863. The van der Waals surface area contributed by atoms with Crippen LogP contribution >= 0.6 is 11.3 Å². The van der Waals surface area contributed by atoms with E-state index in [1.807, 2.05) is 27.7 Å². The molecule has 6 heteroatoms. The SMILES string of the molecule is CC[C@@](NC(=O)c1sc(C)nc1C)(C(N)=O)C(C)C. The van der Waals surface area contributed by atoms with Gasteiger partial charge in [-0.25, -0.2) is 4.98 Å². The third-order valence-corrected chi connectivity index (χ3v) is 4.50. The Bertz CT molecular complexity index is 496. The molecule has 106 valence electrons. The summed E-state index contributed by atoms with van der Waals surface area (Å²) in [6.07, 6.45) is 0.461. The van der Waals surface area contributed by atoms with Gasteiger partial charge in [-0.2, -0.15) is 0 Å². The molecule has 0 saturated carbocycles. The minimum Gasteiger partial charge on any atom is -0.368 e. The lowest BCUT2D eigenvalue weighted by molar-refractivity contribution is -0.126. The van der Waals surface area contributed by atoms with Crippen LogP contribution in [0.4, 0.5) is 0 Å². The lowest BCUT2D eigenvalue weighted by Crippen LogP contribution is -2.60. The summed E-state index contributed by atoms with van der Waals surface area (Å²) in [5, 5.41) is 3.63. The van der Waals surface area contributed by atoms with Crippen molar-refractivity contribution >= 4 is 23.2 Å². The number of thiazole rings is 1. The van der Waals surface area contributed by atoms with Gasteiger partial charge in [0.1, 0.15) is 10.4 Å². The Kier molecular flexibility index (Phi) is 4.68. The second kappa shape index (κ2) is 5.69. The summed E-state index contributed by atoms with van der Waals surface area (Å²) >= 11 is 1.32. The number of primary amides is 1. The summed E-state index contributed by atoms with van der Waals surface area (Å²) < 4.78 is 0. The molecular weight excluding hydrogens is 262 g/mol. The highest BCUT2D eigenvalue weighted by Gasteiger charge is 2.40. The van der Waals surface area contributed by atoms with Crippen LogP contribution in [0, 0.1) is 19.8 Å². The fourth-order valence-electron chi connectivity index (χ4n) is 2.16. The summed E-state index contributed by atoms with van der Waals surface area (Å²) in [4.78, 5) is 28.8. The molecule has 0 saturated heterocycles. The van der Waals surface area contributed by atoms with Crippen LogP contribution in [0.5, 0.6) is 0 Å². The van der Waals surface area contributed by atoms with Crippen LogP contribution in [-0.2, 0) is 4.79 Å². The Morgan fingerprint density at radius 3 is 2.32 bits per heavy atom. The molecule has 1 heterocycles. The Labute approximate surface area is 117 Å². The average molecular weight is 283 g/mol. The number of carbonyl (C=O) groups excluding carboxylic acids is 2. The Morgan fingerprint density at radius 2 is 2.00 bits per heavy atom. The van der Waals surface area contributed by atoms with Crippen molar-refractivity contribution in [2.75, 3.05) is 0 Å². The van der Waals surface area contributed by atoms with Gasteiger partial charge < -0.3 is 11.1 Å². The fraction of sp³-hybridized carbons (Fsp3) is 0.615. The van der Waals surface area contributed by atoms with E-state index in [-0.39, 0.29) is 11.8 Å². The number of nitrogens with zero attached hydrogens (tertiary/aromatic N) is 1. The molecule has 0 aromatic carbocycles. The molecule has 19 heavy (non-hydrogen) atoms. The van der Waals surface area contributed by atoms with Crippen molar-refractivity contribution in [3.8, 4) is 0 Å². The number of aryl methyl sites for hydroxylation is 2. The Hall–Kier alpha value is -1.43. The van der Waals surface area contributed by atoms with E-state index in [9.17, 15) is 9.59 Å². The molecule has 1 aromatic rings. The lowest BCUT2D eigenvalue weighted by Gasteiger charge is -2.34. The van der Waals surface area contributed by atoms with Gasteiger partial charge in [-0.3, -0.25) is 9.59 Å². The zero-order valence-electron chi connectivity index (χ0n) is 12.0. The second-order valence-corrected chi connectivity index (χ2v) is 6.15. The smallest absolute Gasteiger partial charge is 0.264 e. The molecule has 5 nitrogen and oxygen atoms in total. The molecule has 2 amide bonds. The van der Waals surface area contributed by atoms with Crippen LogP contribution in [0.15, 0.2) is 0 Å². The van der Waals surface area contributed by atoms with E-state index >= 15 is 0 Å². The molecule has 0 aliphatic carbocycles. The van der Waals surface area contributed by atoms with Crippen molar-refractivity contribution in [3.05, 3.63) is 15.6 Å². The van der Waals surface area contributed by atoms with Crippen LogP contribution in [-0.4, -0.2) is 22.3 Å². The first-order chi connectivity index (χ1) is 8.74. The fourth-order valence-corrected chi connectivity index (χ4v) is 2.98. The molecule has 0 bridgehead atoms. The number of hydrogen-bond donors (Lipinski definition) is 2. The van der Waals surface area contributed by atoms with E-state index in [4.69, 9.17) is 5.73 Å². The van der Waals surface area contributed by atoms with Gasteiger partial charge in [0.25, 0.3) is 5.91 Å². The van der Waals surface area contributed by atoms with Gasteiger partial charge in [-0.05, 0) is 26.2 Å². The molecule has 0 spiro atoms. The third kappa shape index (κ3) is 2.94. The minimum atomic E-state index is -1.01. The highest BCUT2D eigenvalue weighted by atomic mass is 32.1. The number of carbonyl (C=O) groups is 2. The van der Waals surface area contributed by atoms with Crippen molar-refractivity contribution in [1.29, 1.82) is 0 Å². The zero-order valence-corrected chi connectivity index (χ0v) is 12.9. The Morgan fingerprint density at radius 1 is 1.42 bits per heavy atom. The number of hydrogen-bond acceptors (Lipinski definition) is 4. The molecule has 0 aliphatic heterocycles. The monoisotopic (exact) mass is 283 g/mol. The van der Waals surface area contributed by atoms with Crippen molar-refractivity contribution in [3.63, 3.8) is 0 Å². The van der Waals surface area contributed by atoms with Gasteiger partial charge >= 0.3 is 0 Å². The maximum absolute atomic E-state index is 12.3. The van der Waals surface area contributed by atoms with Crippen molar-refractivity contribution in [2.45, 2.75) is 46.6 Å². The third-order valence-electron chi connectivity index (χ3n) is 3.43. The second-order valence-electron chi connectivity index (χ2n) is 4.95. The first-order valence-corrected chi connectivity index (χ1v) is 7.12. The molecule has 1 aromatic heterocycles. The van der Waals surface area contributed by atoms with E-state index in [1.54, 1.807) is 6.92 Å². The van der Waals surface area contributed by atoms with E-state index in [0.29, 0.717) is 17.0 Å². The topological polar surface area (TPSA) is 85.1 Å². The predicted octanol–water partition coefficient (Wildman–Crippen LogP) is 1.78. The molecule has 1 atom stereocenters. The highest BCUT2D eigenvalue weighted by Crippen LogP contribution is 2.24. The molecule has 0 unspecified atom stereocenters. The minimum absolute atomic E-state index is 0.0757. The van der Waals surface area contributed by atoms with Crippen LogP contribution in [0.3, 0.4) is 0 Å². The van der Waals surface area contributed by atoms with Gasteiger partial charge in [0.05, 0.1) is 10.7 Å². The summed E-state index contributed by atoms with van der Waals surface area (Å²) in [6, 6.07) is 0. The number of rotatable bonds is 5. The summed E-state index contributed by atoms with van der Waals surface area (Å²) in [5.41, 5.74) is 5.15. The standard InChI is InChI=1S/C13H21N3O2S/c1-6-13(7(2)3,12(14)18)16-11(17)10-8(4)15-9(5)19-10/h7H,6H2,1-5H3,(H2,14,18)(H,16,17)/t13-/m0/s1. The van der Waals surface area contributed by atoms with Gasteiger partial charge in [0.15, 0.2) is 0 Å². The van der Waals surface area contributed by atoms with Crippen molar-refractivity contribution in [2.24, 2.45) is 11.7 Å².